The number of fused-ring (bicyclic) bond motifs is 7. The minimum Gasteiger partial charge on any atom is -0.507 e. The van der Waals surface area contributed by atoms with Gasteiger partial charge in [0.1, 0.15) is 12.4 Å². The van der Waals surface area contributed by atoms with Crippen LogP contribution in [0.25, 0.3) is 29.0 Å². The zero-order chi connectivity index (χ0) is 42.8. The summed E-state index contributed by atoms with van der Waals surface area (Å²) in [6.07, 6.45) is 29.5. The van der Waals surface area contributed by atoms with Crippen molar-refractivity contribution in [2.24, 2.45) is 44.0 Å². The highest BCUT2D eigenvalue weighted by Crippen LogP contribution is 2.77. The van der Waals surface area contributed by atoms with E-state index in [1.165, 1.54) is 67.0 Å². The smallest absolute Gasteiger partial charge is 0.169 e. The van der Waals surface area contributed by atoms with E-state index in [4.69, 9.17) is 9.98 Å². The first-order chi connectivity index (χ1) is 30.6. The normalized spacial score (nSPS) is 33.2. The zero-order valence-electron chi connectivity index (χ0n) is 35.2. The van der Waals surface area contributed by atoms with E-state index in [-0.39, 0.29) is 63.0 Å². The Labute approximate surface area is 367 Å². The van der Waals surface area contributed by atoms with Crippen LogP contribution in [0.5, 0.6) is 28.7 Å². The van der Waals surface area contributed by atoms with Gasteiger partial charge in [0, 0.05) is 29.2 Å². The van der Waals surface area contributed by atoms with Crippen LogP contribution >= 0.6 is 0 Å². The van der Waals surface area contributed by atoms with Gasteiger partial charge in [-0.05, 0) is 137 Å². The topological polar surface area (TPSA) is 158 Å². The van der Waals surface area contributed by atoms with Gasteiger partial charge in [0.25, 0.3) is 0 Å². The number of aromatic hydroxyl groups is 5. The number of hydrogen-bond acceptors (Lipinski definition) is 9. The first-order valence-corrected chi connectivity index (χ1v) is 22.9. The number of allylic oxidation sites excluding steroid dienone is 2. The molecule has 0 unspecified atom stereocenters. The van der Waals surface area contributed by atoms with Gasteiger partial charge in [0.15, 0.2) is 23.0 Å². The van der Waals surface area contributed by atoms with Crippen molar-refractivity contribution in [2.75, 3.05) is 6.67 Å². The number of aryl methyl sites for hydroxylation is 1. The van der Waals surface area contributed by atoms with Crippen molar-refractivity contribution in [3.8, 4) is 28.7 Å². The zero-order valence-corrected chi connectivity index (χ0v) is 35.2. The van der Waals surface area contributed by atoms with Gasteiger partial charge >= 0.3 is 0 Å². The monoisotopic (exact) mass is 839 g/mol. The van der Waals surface area contributed by atoms with Crippen LogP contribution in [0.15, 0.2) is 106 Å². The molecule has 2 heterocycles. The van der Waals surface area contributed by atoms with Gasteiger partial charge in [-0.15, -0.1) is 0 Å². The van der Waals surface area contributed by atoms with E-state index in [2.05, 4.69) is 66.2 Å². The molecule has 0 saturated heterocycles. The van der Waals surface area contributed by atoms with E-state index >= 15 is 0 Å². The molecule has 0 bridgehead atoms. The van der Waals surface area contributed by atoms with E-state index in [1.54, 1.807) is 24.3 Å². The second-order valence-corrected chi connectivity index (χ2v) is 19.6. The molecular weight excluding hydrogens is 787 g/mol. The molecule has 0 aromatic heterocycles. The van der Waals surface area contributed by atoms with Gasteiger partial charge in [-0.25, -0.2) is 0 Å². The van der Waals surface area contributed by atoms with E-state index < -0.39 is 11.5 Å². The summed E-state index contributed by atoms with van der Waals surface area (Å²) < 4.78 is 0. The highest BCUT2D eigenvalue weighted by Gasteiger charge is 2.76. The van der Waals surface area contributed by atoms with Crippen molar-refractivity contribution in [3.63, 3.8) is 0 Å². The molecule has 3 saturated carbocycles. The molecule has 9 atom stereocenters. The molecule has 320 valence electrons. The summed E-state index contributed by atoms with van der Waals surface area (Å²) in [5.41, 5.74) is 8.52. The van der Waals surface area contributed by atoms with Gasteiger partial charge < -0.3 is 30.6 Å². The van der Waals surface area contributed by atoms with E-state index in [1.807, 2.05) is 6.08 Å². The van der Waals surface area contributed by atoms with Gasteiger partial charge in [-0.3, -0.25) is 15.3 Å². The Morgan fingerprint density at radius 3 is 2.51 bits per heavy atom. The molecule has 63 heavy (non-hydrogen) atoms. The average Bonchev–Trinajstić information content (AvgIpc) is 4.07. The van der Waals surface area contributed by atoms with E-state index in [0.29, 0.717) is 53.4 Å². The number of nitrogens with one attached hydrogen (secondary N) is 1. The second kappa shape index (κ2) is 14.1. The summed E-state index contributed by atoms with van der Waals surface area (Å²) in [4.78, 5) is 10.1. The lowest BCUT2D eigenvalue weighted by Gasteiger charge is -2.71. The molecule has 9 heteroatoms. The lowest BCUT2D eigenvalue weighted by Crippen LogP contribution is -2.74. The molecule has 0 radical (unpaired) electrons. The SMILES string of the molecule is Oc1ccc(C=Cc2c(CCc3ccc4c(c3)C=CC3=CC5=C[C@@H]6CCC[C@@]67CC[C@]68CCC[C@H]6C=C[C@H](O)[C@@H]8[C@]7(C6=NCN=C6)[C@@H]5N[C@H]34)c(O)c(O)c3c(O)cccc23)cc1O. The summed E-state index contributed by atoms with van der Waals surface area (Å²) >= 11 is 0. The Hall–Kier alpha value is -5.90. The Balaban J connectivity index is 0.912. The molecule has 4 aromatic carbocycles. The molecule has 4 aromatic rings. The maximum Gasteiger partial charge on any atom is 0.169 e. The fourth-order valence-electron chi connectivity index (χ4n) is 14.8. The van der Waals surface area contributed by atoms with Gasteiger partial charge in [0.2, 0.25) is 0 Å². The molecule has 0 amide bonds. The molecular formula is C54H53N3O6. The quantitative estimate of drug-likeness (QED) is 0.0579. The molecule has 9 nitrogen and oxygen atoms in total. The number of hydrogen-bond donors (Lipinski definition) is 7. The molecule has 6 aliphatic carbocycles. The molecule has 12 rings (SSSR count). The van der Waals surface area contributed by atoms with Crippen LogP contribution in [0.2, 0.25) is 0 Å². The Morgan fingerprint density at radius 2 is 1.65 bits per heavy atom. The van der Waals surface area contributed by atoms with Crippen molar-refractivity contribution >= 4 is 40.9 Å². The molecule has 2 spiro atoms. The standard InChI is InChI=1S/C54H53N3O6/c58-41-18-11-31(25-44(41)61)9-16-38-39-6-1-7-42(59)46(39)49(63)48(62)40(38)17-10-30-8-15-37-32(24-30)12-13-33-26-34-27-36-5-3-21-53(36)23-22-52-20-2-4-35(52)14-19-43(60)50(52)54(53,45-28-55-29-56-45)51(34)57-47(33)37/h1,6-9,11-16,18-19,24-28,35-36,43,47,50-51,57-63H,2-5,10,17,20-23,29H2/t35-,36-,43-,47+,50-,51+,52+,53+,54+/m0/s1. The molecule has 3 fully saturated rings. The fourth-order valence-corrected chi connectivity index (χ4v) is 14.8. The van der Waals surface area contributed by atoms with Crippen molar-refractivity contribution in [1.29, 1.82) is 0 Å². The molecule has 7 N–H and O–H groups in total. The number of phenols is 5. The maximum atomic E-state index is 12.5. The number of benzene rings is 4. The third-order valence-electron chi connectivity index (χ3n) is 17.2. The minimum atomic E-state index is -0.547. The third-order valence-corrected chi connectivity index (χ3v) is 17.2. The summed E-state index contributed by atoms with van der Waals surface area (Å²) in [6, 6.07) is 16.1. The first kappa shape index (κ1) is 38.7. The first-order valence-electron chi connectivity index (χ1n) is 22.9. The average molecular weight is 840 g/mol. The van der Waals surface area contributed by atoms with Crippen LogP contribution in [0.3, 0.4) is 0 Å². The minimum absolute atomic E-state index is 0.0114. The lowest BCUT2D eigenvalue weighted by molar-refractivity contribution is -0.167. The number of nitrogens with zero attached hydrogens (tertiary/aromatic N) is 2. The third kappa shape index (κ3) is 5.36. The second-order valence-electron chi connectivity index (χ2n) is 19.6. The Morgan fingerprint density at radius 1 is 0.778 bits per heavy atom. The lowest BCUT2D eigenvalue weighted by atomic mass is 9.34. The largest absolute Gasteiger partial charge is 0.507 e. The highest BCUT2D eigenvalue weighted by molar-refractivity contribution is 6.35. The van der Waals surface area contributed by atoms with Crippen molar-refractivity contribution < 1.29 is 30.6 Å². The summed E-state index contributed by atoms with van der Waals surface area (Å²) in [6.45, 7) is 0.456. The number of aliphatic hydroxyl groups excluding tert-OH is 1. The Kier molecular flexibility index (Phi) is 8.64. The molecule has 8 aliphatic rings. The summed E-state index contributed by atoms with van der Waals surface area (Å²) in [5.74, 6) is -0.308. The van der Waals surface area contributed by atoms with Crippen LogP contribution in [-0.2, 0) is 12.8 Å². The van der Waals surface area contributed by atoms with Crippen molar-refractivity contribution in [3.05, 3.63) is 130 Å². The highest BCUT2D eigenvalue weighted by atomic mass is 16.3. The predicted molar refractivity (Wildman–Crippen MR) is 247 cm³/mol. The van der Waals surface area contributed by atoms with Gasteiger partial charge in [-0.2, -0.15) is 0 Å². The van der Waals surface area contributed by atoms with Gasteiger partial charge in [0.05, 0.1) is 23.2 Å². The summed E-state index contributed by atoms with van der Waals surface area (Å²) in [5, 5.41) is 71.1. The van der Waals surface area contributed by atoms with Crippen LogP contribution in [0.1, 0.15) is 90.8 Å². The number of aliphatic hydroxyl groups is 1. The van der Waals surface area contributed by atoms with Crippen molar-refractivity contribution in [1.82, 2.24) is 5.32 Å². The number of phenolic OH excluding ortho intramolecular Hbond substituents is 5. The van der Waals surface area contributed by atoms with Crippen LogP contribution < -0.4 is 5.32 Å². The number of rotatable bonds is 6. The molecule has 2 aliphatic heterocycles. The number of aliphatic imine (C=N–C) groups is 2. The Bertz CT molecular complexity index is 2850. The van der Waals surface area contributed by atoms with E-state index in [0.717, 1.165) is 36.1 Å². The maximum absolute atomic E-state index is 12.5. The van der Waals surface area contributed by atoms with Crippen LogP contribution in [0.4, 0.5) is 0 Å². The van der Waals surface area contributed by atoms with Crippen molar-refractivity contribution in [2.45, 2.75) is 82.4 Å². The van der Waals surface area contributed by atoms with E-state index in [9.17, 15) is 30.6 Å². The van der Waals surface area contributed by atoms with Crippen LogP contribution in [0, 0.1) is 34.0 Å². The summed E-state index contributed by atoms with van der Waals surface area (Å²) in [7, 11) is 0. The van der Waals surface area contributed by atoms with Gasteiger partial charge in [-0.1, -0.05) is 97.8 Å². The van der Waals surface area contributed by atoms with Crippen LogP contribution in [-0.4, -0.2) is 61.4 Å². The fraction of sp³-hybridized carbons (Fsp3) is 0.370. The predicted octanol–water partition coefficient (Wildman–Crippen LogP) is 9.61.